The maximum absolute atomic E-state index is 11.9. The van der Waals surface area contributed by atoms with Crippen LogP contribution in [0.25, 0.3) is 21.0 Å². The lowest BCUT2D eigenvalue weighted by molar-refractivity contribution is 0.239. The fraction of sp³-hybridized carbons (Fsp3) is 0.320. The van der Waals surface area contributed by atoms with E-state index in [0.29, 0.717) is 18.5 Å². The average Bonchev–Trinajstić information content (AvgIpc) is 3.38. The standard InChI is InChI=1S/C25H27N3O2S/c29-25-9-7-19-6-8-20(18-22(19)26-25)30-16-2-1-11-27-12-14-28(15-13-27)23-4-3-5-24-21(23)10-17-31-24/h3-10,17-18H,1-2,11-16H2,(H,26,29)/i4D,5D,6D,7D,8D,9D,18D. The summed E-state index contributed by atoms with van der Waals surface area (Å²) in [5, 5.41) is 2.86. The Morgan fingerprint density at radius 1 is 1.06 bits per heavy atom. The van der Waals surface area contributed by atoms with Crippen molar-refractivity contribution in [2.75, 3.05) is 44.2 Å². The lowest BCUT2D eigenvalue weighted by Crippen LogP contribution is -2.46. The first-order chi connectivity index (χ1) is 18.2. The summed E-state index contributed by atoms with van der Waals surface area (Å²) in [5.41, 5.74) is 0.0359. The van der Waals surface area contributed by atoms with Crippen molar-refractivity contribution < 1.29 is 14.3 Å². The quantitative estimate of drug-likeness (QED) is 0.422. The molecular weight excluding hydrogens is 406 g/mol. The molecule has 0 radical (unpaired) electrons. The van der Waals surface area contributed by atoms with Crippen LogP contribution >= 0.6 is 11.3 Å². The molecule has 3 heterocycles. The number of unbranched alkanes of at least 4 members (excludes halogenated alkanes) is 1. The molecule has 0 amide bonds. The monoisotopic (exact) mass is 440 g/mol. The zero-order valence-electron chi connectivity index (χ0n) is 24.0. The first-order valence-electron chi connectivity index (χ1n) is 13.9. The molecule has 1 fully saturated rings. The summed E-state index contributed by atoms with van der Waals surface area (Å²) in [5.74, 6) is -0.103. The van der Waals surface area contributed by atoms with Crippen LogP contribution in [0.5, 0.6) is 5.75 Å². The van der Waals surface area contributed by atoms with Crippen LogP contribution in [0.15, 0.2) is 64.6 Å². The number of pyridine rings is 1. The molecule has 1 N–H and O–H groups in total. The average molecular weight is 441 g/mol. The van der Waals surface area contributed by atoms with E-state index in [2.05, 4.69) is 14.8 Å². The molecule has 2 aromatic heterocycles. The molecule has 0 atom stereocenters. The Morgan fingerprint density at radius 3 is 2.84 bits per heavy atom. The normalized spacial score (nSPS) is 18.2. The molecule has 1 aliphatic heterocycles. The number of hydrogen-bond acceptors (Lipinski definition) is 5. The highest BCUT2D eigenvalue weighted by Crippen LogP contribution is 2.31. The highest BCUT2D eigenvalue weighted by atomic mass is 32.1. The molecule has 5 rings (SSSR count). The summed E-state index contributed by atoms with van der Waals surface area (Å²) in [6.45, 7) is 4.42. The van der Waals surface area contributed by atoms with E-state index in [1.54, 1.807) is 6.07 Å². The molecule has 0 aliphatic carbocycles. The third-order valence-electron chi connectivity index (χ3n) is 5.47. The smallest absolute Gasteiger partial charge is 0.248 e. The number of benzene rings is 2. The number of H-pyrrole nitrogens is 1. The van der Waals surface area contributed by atoms with Gasteiger partial charge in [0.25, 0.3) is 0 Å². The summed E-state index contributed by atoms with van der Waals surface area (Å²) in [4.78, 5) is 18.9. The maximum Gasteiger partial charge on any atom is 0.248 e. The fourth-order valence-electron chi connectivity index (χ4n) is 3.84. The minimum atomic E-state index is -0.814. The number of thiophene rings is 1. The van der Waals surface area contributed by atoms with Gasteiger partial charge < -0.3 is 14.6 Å². The Bertz CT molecular complexity index is 1580. The Morgan fingerprint density at radius 2 is 1.94 bits per heavy atom. The van der Waals surface area contributed by atoms with E-state index in [4.69, 9.17) is 14.3 Å². The Kier molecular flexibility index (Phi) is 3.99. The molecule has 0 bridgehead atoms. The molecule has 2 aromatic carbocycles. The number of nitrogens with one attached hydrogen (secondary N) is 1. The van der Waals surface area contributed by atoms with Crippen molar-refractivity contribution >= 4 is 38.0 Å². The predicted molar refractivity (Wildman–Crippen MR) is 130 cm³/mol. The van der Waals surface area contributed by atoms with Crippen molar-refractivity contribution in [1.82, 2.24) is 9.88 Å². The molecule has 5 nitrogen and oxygen atoms in total. The van der Waals surface area contributed by atoms with Crippen molar-refractivity contribution in [1.29, 1.82) is 0 Å². The molecule has 1 aliphatic rings. The molecule has 4 aromatic rings. The van der Waals surface area contributed by atoms with Gasteiger partial charge in [0.2, 0.25) is 5.56 Å². The van der Waals surface area contributed by atoms with Gasteiger partial charge in [0.15, 0.2) is 0 Å². The van der Waals surface area contributed by atoms with Crippen LogP contribution in [0, 0.1) is 0 Å². The van der Waals surface area contributed by atoms with Crippen LogP contribution < -0.4 is 15.2 Å². The second-order valence-electron chi connectivity index (χ2n) is 7.49. The van der Waals surface area contributed by atoms with Crippen molar-refractivity contribution in [3.8, 4) is 5.75 Å². The molecular formula is C25H27N3O2S. The third-order valence-corrected chi connectivity index (χ3v) is 6.31. The van der Waals surface area contributed by atoms with Gasteiger partial charge in [0.05, 0.1) is 21.7 Å². The van der Waals surface area contributed by atoms with Crippen molar-refractivity contribution in [3.05, 3.63) is 70.2 Å². The van der Waals surface area contributed by atoms with Crippen LogP contribution in [-0.2, 0) is 0 Å². The molecule has 0 unspecified atom stereocenters. The van der Waals surface area contributed by atoms with E-state index < -0.39 is 17.6 Å². The molecule has 31 heavy (non-hydrogen) atoms. The number of ether oxygens (including phenoxy) is 1. The number of hydrogen-bond donors (Lipinski definition) is 1. The van der Waals surface area contributed by atoms with Crippen LogP contribution in [-0.4, -0.2) is 49.2 Å². The largest absolute Gasteiger partial charge is 0.494 e. The van der Waals surface area contributed by atoms with E-state index in [1.807, 2.05) is 11.4 Å². The number of rotatable bonds is 7. The van der Waals surface area contributed by atoms with Gasteiger partial charge in [0, 0.05) is 54.0 Å². The summed E-state index contributed by atoms with van der Waals surface area (Å²) in [6, 6.07) is 2.43. The second kappa shape index (κ2) is 9.12. The highest BCUT2D eigenvalue weighted by molar-refractivity contribution is 7.17. The van der Waals surface area contributed by atoms with E-state index in [-0.39, 0.29) is 41.4 Å². The van der Waals surface area contributed by atoms with Gasteiger partial charge in [-0.15, -0.1) is 11.3 Å². The molecule has 1 saturated heterocycles. The zero-order chi connectivity index (χ0) is 27.1. The van der Waals surface area contributed by atoms with Gasteiger partial charge in [-0.3, -0.25) is 9.69 Å². The van der Waals surface area contributed by atoms with E-state index in [0.717, 1.165) is 54.9 Å². The Hall–Kier alpha value is -2.83. The first-order valence-corrected chi connectivity index (χ1v) is 11.3. The number of fused-ring (bicyclic) bond motifs is 2. The summed E-state index contributed by atoms with van der Waals surface area (Å²) in [7, 11) is 0. The lowest BCUT2D eigenvalue weighted by atomic mass is 10.2. The molecule has 6 heteroatoms. The van der Waals surface area contributed by atoms with Gasteiger partial charge in [-0.2, -0.15) is 0 Å². The predicted octanol–water partition coefficient (Wildman–Crippen LogP) is 4.72. The lowest BCUT2D eigenvalue weighted by Gasteiger charge is -2.36. The number of nitrogens with zero attached hydrogens (tertiary/aromatic N) is 2. The summed E-state index contributed by atoms with van der Waals surface area (Å²) < 4.78 is 63.6. The fourth-order valence-corrected chi connectivity index (χ4v) is 4.60. The van der Waals surface area contributed by atoms with E-state index >= 15 is 0 Å². The minimum absolute atomic E-state index is 0.0576. The Labute approximate surface area is 195 Å². The van der Waals surface area contributed by atoms with Gasteiger partial charge in [-0.25, -0.2) is 0 Å². The number of piperazine rings is 1. The molecule has 160 valence electrons. The minimum Gasteiger partial charge on any atom is -0.494 e. The van der Waals surface area contributed by atoms with Crippen LogP contribution in [0.1, 0.15) is 22.4 Å². The zero-order valence-corrected chi connectivity index (χ0v) is 17.8. The SMILES string of the molecule is [2H]c1cc([2H])c2sccc2c1N1CCN(CCCCOc2c([2H])c([2H])c3c([2H])c([2H])c(=O)[nH]c3c2[2H])CC1. The second-order valence-corrected chi connectivity index (χ2v) is 8.40. The van der Waals surface area contributed by atoms with Gasteiger partial charge in [0.1, 0.15) is 5.75 Å². The summed E-state index contributed by atoms with van der Waals surface area (Å²) in [6.07, 6.45) is 1.51. The molecule has 0 saturated carbocycles. The summed E-state index contributed by atoms with van der Waals surface area (Å²) >= 11 is 1.53. The van der Waals surface area contributed by atoms with Gasteiger partial charge in [-0.05, 0) is 66.4 Å². The van der Waals surface area contributed by atoms with Crippen molar-refractivity contribution in [3.63, 3.8) is 0 Å². The van der Waals surface area contributed by atoms with Gasteiger partial charge in [-0.1, -0.05) is 6.07 Å². The maximum atomic E-state index is 11.9. The van der Waals surface area contributed by atoms with E-state index in [1.165, 1.54) is 11.3 Å². The third kappa shape index (κ3) is 4.60. The van der Waals surface area contributed by atoms with Crippen molar-refractivity contribution in [2.24, 2.45) is 0 Å². The van der Waals surface area contributed by atoms with Crippen molar-refractivity contribution in [2.45, 2.75) is 12.8 Å². The van der Waals surface area contributed by atoms with Crippen LogP contribution in [0.2, 0.25) is 0 Å². The van der Waals surface area contributed by atoms with E-state index in [9.17, 15) is 4.79 Å². The number of anilines is 1. The number of aromatic nitrogens is 1. The van der Waals surface area contributed by atoms with Crippen LogP contribution in [0.4, 0.5) is 5.69 Å². The number of aromatic amines is 1. The highest BCUT2D eigenvalue weighted by Gasteiger charge is 2.18. The van der Waals surface area contributed by atoms with Crippen LogP contribution in [0.3, 0.4) is 0 Å². The Balaban J connectivity index is 1.16. The first kappa shape index (κ1) is 13.6. The topological polar surface area (TPSA) is 48.6 Å². The van der Waals surface area contributed by atoms with Gasteiger partial charge >= 0.3 is 0 Å². The molecule has 0 spiro atoms.